The van der Waals surface area contributed by atoms with E-state index in [1.54, 1.807) is 0 Å². The Hall–Kier alpha value is -2.94. The van der Waals surface area contributed by atoms with Gasteiger partial charge in [0.1, 0.15) is 0 Å². The maximum atomic E-state index is 4.69. The van der Waals surface area contributed by atoms with Crippen LogP contribution in [-0.4, -0.2) is 14.6 Å². The monoisotopic (exact) mass is 283 g/mol. The lowest BCUT2D eigenvalue weighted by Gasteiger charge is -2.06. The summed E-state index contributed by atoms with van der Waals surface area (Å²) in [6.45, 7) is 0. The van der Waals surface area contributed by atoms with E-state index in [4.69, 9.17) is 0 Å². The highest BCUT2D eigenvalue weighted by atomic mass is 15.3. The molecule has 0 fully saturated rings. The summed E-state index contributed by atoms with van der Waals surface area (Å²) in [4.78, 5) is 4.69. The van der Waals surface area contributed by atoms with Crippen molar-refractivity contribution in [3.05, 3.63) is 78.0 Å². The van der Waals surface area contributed by atoms with Crippen molar-refractivity contribution in [2.45, 2.75) is 6.42 Å². The van der Waals surface area contributed by atoms with E-state index in [1.165, 1.54) is 22.3 Å². The van der Waals surface area contributed by atoms with Crippen molar-refractivity contribution in [3.8, 4) is 22.5 Å². The first-order chi connectivity index (χ1) is 10.9. The van der Waals surface area contributed by atoms with Crippen molar-refractivity contribution in [1.82, 2.24) is 14.6 Å². The Bertz CT molecular complexity index is 981. The predicted molar refractivity (Wildman–Crippen MR) is 86.7 cm³/mol. The molecule has 0 radical (unpaired) electrons. The van der Waals surface area contributed by atoms with Crippen LogP contribution in [-0.2, 0) is 6.42 Å². The van der Waals surface area contributed by atoms with Crippen molar-refractivity contribution in [2.75, 3.05) is 0 Å². The second kappa shape index (κ2) is 4.28. The zero-order valence-electron chi connectivity index (χ0n) is 11.9. The highest BCUT2D eigenvalue weighted by molar-refractivity contribution is 5.88. The Labute approximate surface area is 127 Å². The lowest BCUT2D eigenvalue weighted by atomic mass is 9.99. The lowest BCUT2D eigenvalue weighted by molar-refractivity contribution is 0.966. The molecule has 1 aliphatic rings. The minimum Gasteiger partial charge on any atom is -0.221 e. The van der Waals surface area contributed by atoms with Crippen LogP contribution in [0.25, 0.3) is 28.2 Å². The van der Waals surface area contributed by atoms with Crippen molar-refractivity contribution in [1.29, 1.82) is 0 Å². The molecule has 104 valence electrons. The number of hydrogen-bond acceptors (Lipinski definition) is 2. The molecule has 0 aliphatic heterocycles. The van der Waals surface area contributed by atoms with Crippen LogP contribution in [0, 0.1) is 0 Å². The minimum absolute atomic E-state index is 0.791. The first-order valence-corrected chi connectivity index (χ1v) is 7.42. The van der Waals surface area contributed by atoms with Gasteiger partial charge in [-0.1, -0.05) is 48.5 Å². The molecule has 2 aromatic carbocycles. The van der Waals surface area contributed by atoms with Gasteiger partial charge in [0.25, 0.3) is 0 Å². The van der Waals surface area contributed by atoms with Crippen LogP contribution in [0.4, 0.5) is 0 Å². The summed E-state index contributed by atoms with van der Waals surface area (Å²) in [6, 6.07) is 21.0. The molecular formula is C19H13N3. The molecule has 3 heteroatoms. The highest BCUT2D eigenvalue weighted by Crippen LogP contribution is 2.41. The molecular weight excluding hydrogens is 270 g/mol. The fourth-order valence-electron chi connectivity index (χ4n) is 3.32. The van der Waals surface area contributed by atoms with E-state index in [-0.39, 0.29) is 0 Å². The molecule has 0 N–H and O–H groups in total. The van der Waals surface area contributed by atoms with E-state index in [0.29, 0.717) is 0 Å². The molecule has 3 nitrogen and oxygen atoms in total. The van der Waals surface area contributed by atoms with E-state index >= 15 is 0 Å². The molecule has 5 rings (SSSR count). The summed E-state index contributed by atoms with van der Waals surface area (Å²) in [5.41, 5.74) is 7.33. The summed E-state index contributed by atoms with van der Waals surface area (Å²) in [6.07, 6.45) is 2.93. The molecule has 0 amide bonds. The van der Waals surface area contributed by atoms with Gasteiger partial charge in [0.05, 0.1) is 0 Å². The molecule has 2 aromatic heterocycles. The number of benzene rings is 2. The van der Waals surface area contributed by atoms with E-state index in [0.717, 1.165) is 23.5 Å². The molecule has 2 heterocycles. The number of nitrogens with zero attached hydrogens (tertiary/aromatic N) is 3. The van der Waals surface area contributed by atoms with E-state index in [1.807, 2.05) is 28.9 Å². The molecule has 4 aromatic rings. The molecule has 0 saturated carbocycles. The number of aromatic nitrogens is 3. The van der Waals surface area contributed by atoms with Crippen LogP contribution in [0.2, 0.25) is 0 Å². The van der Waals surface area contributed by atoms with Crippen molar-refractivity contribution < 1.29 is 0 Å². The van der Waals surface area contributed by atoms with E-state index < -0.39 is 0 Å². The maximum Gasteiger partial charge on any atom is 0.182 e. The van der Waals surface area contributed by atoms with Gasteiger partial charge in [-0.25, -0.2) is 9.50 Å². The topological polar surface area (TPSA) is 30.2 Å². The predicted octanol–water partition coefficient (Wildman–Crippen LogP) is 3.97. The molecule has 0 spiro atoms. The van der Waals surface area contributed by atoms with Crippen LogP contribution in [0.15, 0.2) is 66.9 Å². The first-order valence-electron chi connectivity index (χ1n) is 7.42. The van der Waals surface area contributed by atoms with Gasteiger partial charge in [-0.15, -0.1) is 5.10 Å². The smallest absolute Gasteiger partial charge is 0.182 e. The number of pyridine rings is 1. The second-order valence-electron chi connectivity index (χ2n) is 5.61. The Morgan fingerprint density at radius 1 is 0.773 bits per heavy atom. The Kier molecular flexibility index (Phi) is 2.27. The van der Waals surface area contributed by atoms with E-state index in [9.17, 15) is 0 Å². The SMILES string of the molecule is c1ccc2c(c1)Cc1cccc(-c3nc4ccccn4n3)c1-2. The number of fused-ring (bicyclic) bond motifs is 4. The quantitative estimate of drug-likeness (QED) is 0.466. The van der Waals surface area contributed by atoms with Gasteiger partial charge in [-0.2, -0.15) is 0 Å². The van der Waals surface area contributed by atoms with Crippen LogP contribution in [0.3, 0.4) is 0 Å². The third-order valence-electron chi connectivity index (χ3n) is 4.30. The summed E-state index contributed by atoms with van der Waals surface area (Å²) >= 11 is 0. The average Bonchev–Trinajstić information content (AvgIpc) is 3.15. The van der Waals surface area contributed by atoms with Gasteiger partial charge in [0, 0.05) is 11.8 Å². The molecule has 0 saturated heterocycles. The number of rotatable bonds is 1. The minimum atomic E-state index is 0.791. The summed E-state index contributed by atoms with van der Waals surface area (Å²) in [5.74, 6) is 0.791. The van der Waals surface area contributed by atoms with Gasteiger partial charge in [-0.3, -0.25) is 0 Å². The fourth-order valence-corrected chi connectivity index (χ4v) is 3.32. The highest BCUT2D eigenvalue weighted by Gasteiger charge is 2.22. The van der Waals surface area contributed by atoms with Crippen LogP contribution >= 0.6 is 0 Å². The Balaban J connectivity index is 1.80. The van der Waals surface area contributed by atoms with Crippen LogP contribution in [0.1, 0.15) is 11.1 Å². The first kappa shape index (κ1) is 11.7. The summed E-state index contributed by atoms with van der Waals surface area (Å²) < 4.78 is 1.83. The van der Waals surface area contributed by atoms with Crippen molar-refractivity contribution in [3.63, 3.8) is 0 Å². The fraction of sp³-hybridized carbons (Fsp3) is 0.0526. The van der Waals surface area contributed by atoms with Gasteiger partial charge < -0.3 is 0 Å². The zero-order chi connectivity index (χ0) is 14.5. The van der Waals surface area contributed by atoms with Gasteiger partial charge >= 0.3 is 0 Å². The second-order valence-corrected chi connectivity index (χ2v) is 5.61. The molecule has 22 heavy (non-hydrogen) atoms. The van der Waals surface area contributed by atoms with Crippen LogP contribution < -0.4 is 0 Å². The van der Waals surface area contributed by atoms with Crippen molar-refractivity contribution >= 4 is 5.65 Å². The average molecular weight is 283 g/mol. The third-order valence-corrected chi connectivity index (χ3v) is 4.30. The summed E-state index contributed by atoms with van der Waals surface area (Å²) in [7, 11) is 0. The largest absolute Gasteiger partial charge is 0.221 e. The Morgan fingerprint density at radius 2 is 1.59 bits per heavy atom. The van der Waals surface area contributed by atoms with Gasteiger partial charge in [0.15, 0.2) is 11.5 Å². The standard InChI is InChI=1S/C19H13N3/c1-2-8-15-13(6-1)12-14-7-5-9-16(18(14)15)19-20-17-10-3-4-11-22(17)21-19/h1-11H,12H2. The molecule has 1 aliphatic carbocycles. The van der Waals surface area contributed by atoms with Crippen molar-refractivity contribution in [2.24, 2.45) is 0 Å². The zero-order valence-corrected chi connectivity index (χ0v) is 11.9. The maximum absolute atomic E-state index is 4.69. The molecule has 0 unspecified atom stereocenters. The molecule has 0 bridgehead atoms. The normalized spacial score (nSPS) is 12.4. The third kappa shape index (κ3) is 1.56. The van der Waals surface area contributed by atoms with Gasteiger partial charge in [0.2, 0.25) is 0 Å². The molecule has 0 atom stereocenters. The summed E-state index contributed by atoms with van der Waals surface area (Å²) in [5, 5.41) is 4.64. The van der Waals surface area contributed by atoms with E-state index in [2.05, 4.69) is 52.5 Å². The number of hydrogen-bond donors (Lipinski definition) is 0. The van der Waals surface area contributed by atoms with Gasteiger partial charge in [-0.05, 0) is 40.8 Å². The lowest BCUT2D eigenvalue weighted by Crippen LogP contribution is -1.89. The van der Waals surface area contributed by atoms with Crippen LogP contribution in [0.5, 0.6) is 0 Å². The Morgan fingerprint density at radius 3 is 2.55 bits per heavy atom.